The fourth-order valence-corrected chi connectivity index (χ4v) is 4.72. The molecule has 2 heterocycles. The third-order valence-corrected chi connectivity index (χ3v) is 6.01. The van der Waals surface area contributed by atoms with Crippen LogP contribution in [-0.2, 0) is 0 Å². The van der Waals surface area contributed by atoms with E-state index in [4.69, 9.17) is 4.74 Å². The maximum absolute atomic E-state index is 5.32. The van der Waals surface area contributed by atoms with Crippen molar-refractivity contribution in [2.45, 2.75) is 0 Å². The van der Waals surface area contributed by atoms with Gasteiger partial charge >= 0.3 is 0 Å². The number of hydrogen-bond acceptors (Lipinski definition) is 2. The maximum atomic E-state index is 5.32. The Hall–Kier alpha value is -3.04. The Morgan fingerprint density at radius 2 is 1.65 bits per heavy atom. The second kappa shape index (κ2) is 6.04. The Bertz CT molecular complexity index is 1210. The molecule has 5 rings (SSSR count). The molecule has 0 saturated carbocycles. The van der Waals surface area contributed by atoms with Crippen molar-refractivity contribution in [1.29, 1.82) is 0 Å². The summed E-state index contributed by atoms with van der Waals surface area (Å²) in [7, 11) is 1.70. The van der Waals surface area contributed by atoms with Crippen LogP contribution in [0, 0.1) is 0 Å². The molecule has 5 aromatic rings. The molecule has 0 radical (unpaired) electrons. The number of H-pyrrole nitrogens is 1. The smallest absolute Gasteiger partial charge is 0.118 e. The van der Waals surface area contributed by atoms with Gasteiger partial charge in [-0.05, 0) is 65.0 Å². The molecule has 0 aliphatic heterocycles. The quantitative estimate of drug-likeness (QED) is 0.381. The van der Waals surface area contributed by atoms with Gasteiger partial charge in [-0.25, -0.2) is 0 Å². The van der Waals surface area contributed by atoms with Gasteiger partial charge in [0.25, 0.3) is 0 Å². The minimum absolute atomic E-state index is 0.880. The number of benzene rings is 3. The van der Waals surface area contributed by atoms with Crippen LogP contribution in [-0.4, -0.2) is 12.1 Å². The maximum Gasteiger partial charge on any atom is 0.118 e. The molecule has 0 unspecified atom stereocenters. The topological polar surface area (TPSA) is 25.0 Å². The molecule has 0 fully saturated rings. The van der Waals surface area contributed by atoms with E-state index in [0.717, 1.165) is 5.75 Å². The van der Waals surface area contributed by atoms with Gasteiger partial charge in [-0.15, -0.1) is 11.3 Å². The van der Waals surface area contributed by atoms with Crippen LogP contribution in [0.2, 0.25) is 0 Å². The number of rotatable bonds is 3. The first-order chi connectivity index (χ1) is 12.8. The first-order valence-electron chi connectivity index (χ1n) is 8.57. The second-order valence-corrected chi connectivity index (χ2v) is 7.36. The van der Waals surface area contributed by atoms with Gasteiger partial charge in [0.05, 0.1) is 7.11 Å². The van der Waals surface area contributed by atoms with Crippen LogP contribution in [0.5, 0.6) is 5.75 Å². The molecule has 0 amide bonds. The summed E-state index contributed by atoms with van der Waals surface area (Å²) in [6.45, 7) is 0. The molecule has 0 spiro atoms. The van der Waals surface area contributed by atoms with Gasteiger partial charge in [0.15, 0.2) is 0 Å². The number of methoxy groups -OCH3 is 1. The van der Waals surface area contributed by atoms with E-state index in [1.165, 1.54) is 42.6 Å². The Morgan fingerprint density at radius 3 is 2.50 bits per heavy atom. The zero-order chi connectivity index (χ0) is 17.5. The Balaban J connectivity index is 1.78. The number of hydrogen-bond donors (Lipinski definition) is 1. The zero-order valence-corrected chi connectivity index (χ0v) is 15.1. The highest BCUT2D eigenvalue weighted by Crippen LogP contribution is 2.45. The van der Waals surface area contributed by atoms with Crippen molar-refractivity contribution >= 4 is 32.3 Å². The van der Waals surface area contributed by atoms with Crippen LogP contribution in [0.1, 0.15) is 0 Å². The summed E-state index contributed by atoms with van der Waals surface area (Å²) in [6, 6.07) is 25.7. The van der Waals surface area contributed by atoms with Crippen LogP contribution in [0.3, 0.4) is 0 Å². The molecule has 26 heavy (non-hydrogen) atoms. The summed E-state index contributed by atoms with van der Waals surface area (Å²) in [5.74, 6) is 0.880. The fourth-order valence-electron chi connectivity index (χ4n) is 3.49. The van der Waals surface area contributed by atoms with E-state index >= 15 is 0 Å². The molecule has 2 nitrogen and oxygen atoms in total. The minimum atomic E-state index is 0.880. The van der Waals surface area contributed by atoms with E-state index in [2.05, 4.69) is 65.6 Å². The fraction of sp³-hybridized carbons (Fsp3) is 0.0435. The van der Waals surface area contributed by atoms with E-state index < -0.39 is 0 Å². The minimum Gasteiger partial charge on any atom is -0.497 e. The highest BCUT2D eigenvalue weighted by atomic mass is 32.1. The third-order valence-electron chi connectivity index (χ3n) is 4.79. The summed E-state index contributed by atoms with van der Waals surface area (Å²) in [4.78, 5) is 4.57. The summed E-state index contributed by atoms with van der Waals surface area (Å²) < 4.78 is 6.63. The predicted octanol–water partition coefficient (Wildman–Crippen LogP) is 6.73. The molecule has 0 aliphatic carbocycles. The molecule has 3 aromatic carbocycles. The van der Waals surface area contributed by atoms with Crippen molar-refractivity contribution in [3.63, 3.8) is 0 Å². The molecular weight excluding hydrogens is 338 g/mol. The van der Waals surface area contributed by atoms with Gasteiger partial charge in [0, 0.05) is 32.2 Å². The number of ether oxygens (including phenoxy) is 1. The van der Waals surface area contributed by atoms with Crippen LogP contribution in [0.4, 0.5) is 0 Å². The molecule has 0 saturated heterocycles. The van der Waals surface area contributed by atoms with Gasteiger partial charge in [-0.3, -0.25) is 0 Å². The van der Waals surface area contributed by atoms with Crippen molar-refractivity contribution in [2.24, 2.45) is 0 Å². The van der Waals surface area contributed by atoms with Gasteiger partial charge in [0.2, 0.25) is 0 Å². The van der Waals surface area contributed by atoms with E-state index in [1.54, 1.807) is 7.11 Å². The molecule has 2 aromatic heterocycles. The molecule has 0 atom stereocenters. The standard InChI is InChI=1S/C23H17NOS/c1-25-18-9-6-15(7-10-18)23-22(19-4-2-3-5-21(19)26-23)17-8-11-20-16(14-17)12-13-24-20/h2-14,24H,1H3. The first-order valence-corrected chi connectivity index (χ1v) is 9.38. The highest BCUT2D eigenvalue weighted by Gasteiger charge is 2.16. The Kier molecular flexibility index (Phi) is 3.54. The average Bonchev–Trinajstić information content (AvgIpc) is 3.31. The van der Waals surface area contributed by atoms with Gasteiger partial charge < -0.3 is 9.72 Å². The number of aromatic amines is 1. The average molecular weight is 355 g/mol. The Morgan fingerprint density at radius 1 is 0.846 bits per heavy atom. The SMILES string of the molecule is COc1ccc(-c2sc3ccccc3c2-c2ccc3[nH]ccc3c2)cc1. The molecule has 0 bridgehead atoms. The molecule has 126 valence electrons. The zero-order valence-electron chi connectivity index (χ0n) is 14.3. The monoisotopic (exact) mass is 355 g/mol. The summed E-state index contributed by atoms with van der Waals surface area (Å²) in [5.41, 5.74) is 4.94. The molecular formula is C23H17NOS. The lowest BCUT2D eigenvalue weighted by molar-refractivity contribution is 0.415. The number of thiophene rings is 1. The van der Waals surface area contributed by atoms with E-state index in [0.29, 0.717) is 0 Å². The first kappa shape index (κ1) is 15.2. The van der Waals surface area contributed by atoms with Crippen molar-refractivity contribution in [1.82, 2.24) is 4.98 Å². The van der Waals surface area contributed by atoms with Crippen molar-refractivity contribution in [3.05, 3.63) is 79.0 Å². The van der Waals surface area contributed by atoms with Crippen molar-refractivity contribution in [3.8, 4) is 27.3 Å². The second-order valence-electron chi connectivity index (χ2n) is 6.31. The van der Waals surface area contributed by atoms with E-state index in [1.807, 2.05) is 29.7 Å². The van der Waals surface area contributed by atoms with Crippen LogP contribution >= 0.6 is 11.3 Å². The van der Waals surface area contributed by atoms with Crippen LogP contribution in [0.15, 0.2) is 79.0 Å². The van der Waals surface area contributed by atoms with E-state index in [-0.39, 0.29) is 0 Å². The number of aromatic nitrogens is 1. The Labute approximate surface area is 155 Å². The number of nitrogens with one attached hydrogen (secondary N) is 1. The summed E-state index contributed by atoms with van der Waals surface area (Å²) in [5, 5.41) is 2.54. The summed E-state index contributed by atoms with van der Waals surface area (Å²) in [6.07, 6.45) is 1.99. The molecule has 3 heteroatoms. The van der Waals surface area contributed by atoms with Crippen LogP contribution < -0.4 is 4.74 Å². The lowest BCUT2D eigenvalue weighted by atomic mass is 9.98. The molecule has 1 N–H and O–H groups in total. The lowest BCUT2D eigenvalue weighted by Gasteiger charge is -2.07. The van der Waals surface area contributed by atoms with E-state index in [9.17, 15) is 0 Å². The summed E-state index contributed by atoms with van der Waals surface area (Å²) >= 11 is 1.84. The van der Waals surface area contributed by atoms with Crippen LogP contribution in [0.25, 0.3) is 42.6 Å². The number of fused-ring (bicyclic) bond motifs is 2. The van der Waals surface area contributed by atoms with Crippen molar-refractivity contribution < 1.29 is 4.74 Å². The lowest BCUT2D eigenvalue weighted by Crippen LogP contribution is -1.83. The normalized spacial score (nSPS) is 11.3. The third kappa shape index (κ3) is 2.40. The van der Waals surface area contributed by atoms with Gasteiger partial charge in [-0.1, -0.05) is 24.3 Å². The van der Waals surface area contributed by atoms with Gasteiger partial charge in [0.1, 0.15) is 5.75 Å². The largest absolute Gasteiger partial charge is 0.497 e. The van der Waals surface area contributed by atoms with Crippen molar-refractivity contribution in [2.75, 3.05) is 7.11 Å². The predicted molar refractivity (Wildman–Crippen MR) is 111 cm³/mol. The highest BCUT2D eigenvalue weighted by molar-refractivity contribution is 7.23. The van der Waals surface area contributed by atoms with Gasteiger partial charge in [-0.2, -0.15) is 0 Å². The molecule has 0 aliphatic rings.